The van der Waals surface area contributed by atoms with Gasteiger partial charge in [0.15, 0.2) is 5.52 Å². The molecule has 8 heteroatoms. The molecule has 7 nitrogen and oxygen atoms in total. The van der Waals surface area contributed by atoms with Crippen molar-refractivity contribution in [2.24, 2.45) is 0 Å². The van der Waals surface area contributed by atoms with Crippen molar-refractivity contribution in [3.8, 4) is 0 Å². The standard InChI is InChI=1S/C19H14N4O3S/c24-23(25)16-9-10-17(19-18(16)21-26-22-19)27-15-8-4-7-14(11-15)20-12-13-5-2-1-3-6-13/h1-11,20H,12H2. The van der Waals surface area contributed by atoms with Crippen molar-refractivity contribution in [3.63, 3.8) is 0 Å². The summed E-state index contributed by atoms with van der Waals surface area (Å²) in [7, 11) is 0. The Labute approximate surface area is 158 Å². The number of aromatic nitrogens is 2. The SMILES string of the molecule is O=[N+]([O-])c1ccc(Sc2cccc(NCc3ccccc3)c2)c2nonc12. The maximum absolute atomic E-state index is 11.1. The van der Waals surface area contributed by atoms with Gasteiger partial charge in [0.2, 0.25) is 5.52 Å². The van der Waals surface area contributed by atoms with E-state index in [2.05, 4.69) is 27.8 Å². The van der Waals surface area contributed by atoms with E-state index in [1.165, 1.54) is 23.4 Å². The first-order valence-electron chi connectivity index (χ1n) is 8.16. The number of hydrogen-bond donors (Lipinski definition) is 1. The first-order chi connectivity index (χ1) is 13.2. The summed E-state index contributed by atoms with van der Waals surface area (Å²) >= 11 is 1.45. The number of nitro benzene ring substituents is 1. The lowest BCUT2D eigenvalue weighted by Crippen LogP contribution is -1.98. The molecule has 1 heterocycles. The number of anilines is 1. The number of nitrogens with one attached hydrogen (secondary N) is 1. The molecule has 134 valence electrons. The minimum Gasteiger partial charge on any atom is -0.381 e. The molecule has 4 rings (SSSR count). The number of nitrogens with zero attached hydrogens (tertiary/aromatic N) is 3. The number of benzene rings is 3. The van der Waals surface area contributed by atoms with Crippen LogP contribution in [0, 0.1) is 10.1 Å². The van der Waals surface area contributed by atoms with Gasteiger partial charge in [0.1, 0.15) is 0 Å². The second-order valence-corrected chi connectivity index (χ2v) is 6.89. The van der Waals surface area contributed by atoms with E-state index in [0.29, 0.717) is 5.52 Å². The number of rotatable bonds is 6. The van der Waals surface area contributed by atoms with Gasteiger partial charge >= 0.3 is 5.69 Å². The summed E-state index contributed by atoms with van der Waals surface area (Å²) in [5.74, 6) is 0. The van der Waals surface area contributed by atoms with Crippen LogP contribution in [0.4, 0.5) is 11.4 Å². The molecule has 3 aromatic carbocycles. The Morgan fingerprint density at radius 1 is 1.00 bits per heavy atom. The third-order valence-electron chi connectivity index (χ3n) is 3.96. The summed E-state index contributed by atoms with van der Waals surface area (Å²) in [6.07, 6.45) is 0. The molecule has 1 N–H and O–H groups in total. The van der Waals surface area contributed by atoms with Crippen molar-refractivity contribution >= 4 is 34.2 Å². The zero-order valence-electron chi connectivity index (χ0n) is 14.0. The highest BCUT2D eigenvalue weighted by atomic mass is 32.2. The van der Waals surface area contributed by atoms with Crippen molar-refractivity contribution in [2.45, 2.75) is 16.3 Å². The second-order valence-electron chi connectivity index (χ2n) is 5.77. The van der Waals surface area contributed by atoms with Gasteiger partial charge in [-0.2, -0.15) is 0 Å². The molecule has 0 aliphatic carbocycles. The van der Waals surface area contributed by atoms with Gasteiger partial charge in [-0.05, 0) is 40.1 Å². The van der Waals surface area contributed by atoms with Gasteiger partial charge < -0.3 is 5.32 Å². The normalized spacial score (nSPS) is 10.8. The average Bonchev–Trinajstić information content (AvgIpc) is 3.18. The minimum absolute atomic E-state index is 0.117. The molecule has 1 aromatic heterocycles. The molecule has 0 radical (unpaired) electrons. The molecule has 0 fully saturated rings. The van der Waals surface area contributed by atoms with Crippen LogP contribution in [-0.2, 0) is 6.54 Å². The largest absolute Gasteiger partial charge is 0.381 e. The minimum atomic E-state index is -0.491. The Bertz CT molecular complexity index is 1100. The third-order valence-corrected chi connectivity index (χ3v) is 4.99. The first kappa shape index (κ1) is 17.0. The lowest BCUT2D eigenvalue weighted by atomic mass is 10.2. The Balaban J connectivity index is 1.55. The van der Waals surface area contributed by atoms with Gasteiger partial charge in [-0.25, -0.2) is 4.63 Å². The van der Waals surface area contributed by atoms with Crippen LogP contribution in [0.3, 0.4) is 0 Å². The molecular weight excluding hydrogens is 364 g/mol. The van der Waals surface area contributed by atoms with Crippen LogP contribution in [-0.4, -0.2) is 15.2 Å². The van der Waals surface area contributed by atoms with Crippen molar-refractivity contribution in [2.75, 3.05) is 5.32 Å². The van der Waals surface area contributed by atoms with Gasteiger partial charge in [-0.1, -0.05) is 48.2 Å². The van der Waals surface area contributed by atoms with Gasteiger partial charge in [0, 0.05) is 28.1 Å². The number of fused-ring (bicyclic) bond motifs is 1. The predicted molar refractivity (Wildman–Crippen MR) is 103 cm³/mol. The first-order valence-corrected chi connectivity index (χ1v) is 8.98. The lowest BCUT2D eigenvalue weighted by molar-refractivity contribution is -0.383. The molecule has 0 atom stereocenters. The zero-order valence-corrected chi connectivity index (χ0v) is 14.8. The fraction of sp³-hybridized carbons (Fsp3) is 0.0526. The van der Waals surface area contributed by atoms with E-state index >= 15 is 0 Å². The molecule has 0 spiro atoms. The van der Waals surface area contributed by atoms with Crippen LogP contribution in [0.2, 0.25) is 0 Å². The Morgan fingerprint density at radius 3 is 2.63 bits per heavy atom. The lowest BCUT2D eigenvalue weighted by Gasteiger charge is -2.08. The van der Waals surface area contributed by atoms with Crippen LogP contribution in [0.5, 0.6) is 0 Å². The van der Waals surface area contributed by atoms with E-state index in [0.717, 1.165) is 22.0 Å². The zero-order chi connectivity index (χ0) is 18.6. The van der Waals surface area contributed by atoms with E-state index < -0.39 is 4.92 Å². The van der Waals surface area contributed by atoms with Crippen LogP contribution in [0.15, 0.2) is 81.2 Å². The van der Waals surface area contributed by atoms with Gasteiger partial charge in [-0.3, -0.25) is 10.1 Å². The van der Waals surface area contributed by atoms with Crippen LogP contribution < -0.4 is 5.32 Å². The third kappa shape index (κ3) is 3.75. The Morgan fingerprint density at radius 2 is 1.81 bits per heavy atom. The maximum atomic E-state index is 11.1. The fourth-order valence-electron chi connectivity index (χ4n) is 2.66. The smallest absolute Gasteiger partial charge is 0.300 e. The van der Waals surface area contributed by atoms with Crippen molar-refractivity contribution in [3.05, 3.63) is 82.4 Å². The van der Waals surface area contributed by atoms with Crippen LogP contribution in [0.25, 0.3) is 11.0 Å². The second kappa shape index (κ2) is 7.46. The summed E-state index contributed by atoms with van der Waals surface area (Å²) in [5.41, 5.74) is 2.61. The van der Waals surface area contributed by atoms with E-state index in [1.807, 2.05) is 42.5 Å². The van der Waals surface area contributed by atoms with Gasteiger partial charge in [-0.15, -0.1) is 0 Å². The molecule has 0 saturated heterocycles. The number of non-ortho nitro benzene ring substituents is 1. The summed E-state index contributed by atoms with van der Waals surface area (Å²) in [5, 5.41) is 22.0. The summed E-state index contributed by atoms with van der Waals surface area (Å²) in [6, 6.07) is 21.2. The van der Waals surface area contributed by atoms with E-state index in [9.17, 15) is 10.1 Å². The Hall–Kier alpha value is -3.39. The summed E-state index contributed by atoms with van der Waals surface area (Å²) in [4.78, 5) is 12.3. The maximum Gasteiger partial charge on any atom is 0.300 e. The predicted octanol–water partition coefficient (Wildman–Crippen LogP) is 4.89. The van der Waals surface area contributed by atoms with Crippen molar-refractivity contribution in [1.82, 2.24) is 10.3 Å². The van der Waals surface area contributed by atoms with E-state index in [-0.39, 0.29) is 11.2 Å². The molecule has 0 bridgehead atoms. The number of nitro groups is 1. The van der Waals surface area contributed by atoms with Crippen LogP contribution in [0.1, 0.15) is 5.56 Å². The highest BCUT2D eigenvalue weighted by molar-refractivity contribution is 7.99. The molecule has 4 aromatic rings. The highest BCUT2D eigenvalue weighted by Gasteiger charge is 2.20. The topological polar surface area (TPSA) is 94.1 Å². The van der Waals surface area contributed by atoms with E-state index in [1.54, 1.807) is 6.07 Å². The monoisotopic (exact) mass is 378 g/mol. The molecule has 0 amide bonds. The van der Waals surface area contributed by atoms with Crippen LogP contribution >= 0.6 is 11.8 Å². The molecule has 0 saturated carbocycles. The number of hydrogen-bond acceptors (Lipinski definition) is 7. The quantitative estimate of drug-likeness (QED) is 0.377. The molecule has 27 heavy (non-hydrogen) atoms. The fourth-order valence-corrected chi connectivity index (χ4v) is 3.61. The highest BCUT2D eigenvalue weighted by Crippen LogP contribution is 2.36. The van der Waals surface area contributed by atoms with Crippen molar-refractivity contribution in [1.29, 1.82) is 0 Å². The molecule has 0 unspecified atom stereocenters. The molecule has 0 aliphatic rings. The molecular formula is C19H14N4O3S. The summed E-state index contributed by atoms with van der Waals surface area (Å²) < 4.78 is 4.72. The van der Waals surface area contributed by atoms with E-state index in [4.69, 9.17) is 4.63 Å². The van der Waals surface area contributed by atoms with Gasteiger partial charge in [0.25, 0.3) is 0 Å². The van der Waals surface area contributed by atoms with Gasteiger partial charge in [0.05, 0.1) is 4.92 Å². The molecule has 0 aliphatic heterocycles. The average molecular weight is 378 g/mol. The van der Waals surface area contributed by atoms with Crippen molar-refractivity contribution < 1.29 is 9.55 Å². The Kier molecular flexibility index (Phi) is 4.71. The summed E-state index contributed by atoms with van der Waals surface area (Å²) in [6.45, 7) is 0.726.